The number of pyridine rings is 11. The Labute approximate surface area is 733 Å². The molecule has 13 aromatic heterocycles. The van der Waals surface area contributed by atoms with Crippen LogP contribution in [-0.2, 0) is 46.1 Å². The van der Waals surface area contributed by atoms with Gasteiger partial charge in [0, 0.05) is 193 Å². The number of aromatic nitrogens is 15. The fourth-order valence-corrected chi connectivity index (χ4v) is 17.3. The van der Waals surface area contributed by atoms with Crippen LogP contribution >= 0.6 is 23.2 Å². The first kappa shape index (κ1) is 84.1. The molecular weight excluding hydrogens is 1630 g/mol. The van der Waals surface area contributed by atoms with Crippen LogP contribution in [-0.4, -0.2) is 121 Å². The van der Waals surface area contributed by atoms with E-state index in [-0.39, 0.29) is 90.0 Å². The highest BCUT2D eigenvalue weighted by atomic mass is 35.5. The van der Waals surface area contributed by atoms with E-state index in [1.165, 1.54) is 0 Å². The number of nitrogen functional groups attached to an aromatic ring is 4. The van der Waals surface area contributed by atoms with Gasteiger partial charge in [-0.25, -0.2) is 39.9 Å². The number of halogens is 2. The average molecular weight is 1720 g/mol. The van der Waals surface area contributed by atoms with E-state index < -0.39 is 0 Å². The summed E-state index contributed by atoms with van der Waals surface area (Å²) in [4.78, 5) is 99.3. The van der Waals surface area contributed by atoms with Crippen LogP contribution in [0.3, 0.4) is 0 Å². The molecule has 6 saturated carbocycles. The Kier molecular flexibility index (Phi) is 23.8. The first-order valence-corrected chi connectivity index (χ1v) is 42.5. The van der Waals surface area contributed by atoms with Crippen molar-refractivity contribution >= 4 is 136 Å². The van der Waals surface area contributed by atoms with E-state index in [1.807, 2.05) is 107 Å². The largest absolute Gasteiger partial charge is 0.396 e. The Hall–Kier alpha value is -14.1. The van der Waals surface area contributed by atoms with E-state index in [1.54, 1.807) is 83.5 Å². The molecule has 6 fully saturated rings. The van der Waals surface area contributed by atoms with Crippen molar-refractivity contribution in [1.82, 2.24) is 74.4 Å². The zero-order valence-corrected chi connectivity index (χ0v) is 70.8. The van der Waals surface area contributed by atoms with Crippen LogP contribution in [0.5, 0.6) is 0 Å². The van der Waals surface area contributed by atoms with E-state index in [2.05, 4.69) is 88.5 Å². The second-order valence-corrected chi connectivity index (χ2v) is 33.8. The van der Waals surface area contributed by atoms with Crippen LogP contribution < -0.4 is 44.2 Å². The zero-order chi connectivity index (χ0) is 87.9. The van der Waals surface area contributed by atoms with Crippen molar-refractivity contribution in [3.63, 3.8) is 0 Å². The number of nitrogens with two attached hydrogens (primary N) is 4. The highest BCUT2D eigenvalue weighted by Gasteiger charge is 2.47. The van der Waals surface area contributed by atoms with E-state index in [4.69, 9.17) is 66.6 Å². The lowest BCUT2D eigenvalue weighted by molar-refractivity contribution is -0.118. The number of rotatable bonds is 22. The number of benzene rings is 1. The Morgan fingerprint density at radius 1 is 0.444 bits per heavy atom. The summed E-state index contributed by atoms with van der Waals surface area (Å²) in [6, 6.07) is 24.9. The fourth-order valence-electron chi connectivity index (χ4n) is 16.7. The molecule has 1 aromatic carbocycles. The molecule has 6 aliphatic rings. The van der Waals surface area contributed by atoms with Gasteiger partial charge in [0.2, 0.25) is 23.6 Å². The maximum atomic E-state index is 12.8. The molecule has 33 heteroatoms. The Bertz CT molecular complexity index is 6360. The van der Waals surface area contributed by atoms with E-state index in [0.29, 0.717) is 127 Å². The predicted molar refractivity (Wildman–Crippen MR) is 482 cm³/mol. The summed E-state index contributed by atoms with van der Waals surface area (Å²) in [7, 11) is 3.72. The monoisotopic (exact) mass is 1720 g/mol. The Morgan fingerprint density at radius 2 is 0.802 bits per heavy atom. The molecule has 126 heavy (non-hydrogen) atoms. The highest BCUT2D eigenvalue weighted by molar-refractivity contribution is 6.39. The number of aryl methyl sites for hydroxylation is 4. The van der Waals surface area contributed by atoms with Crippen LogP contribution in [0.1, 0.15) is 132 Å². The van der Waals surface area contributed by atoms with Gasteiger partial charge in [-0.3, -0.25) is 43.5 Å². The number of carbonyl (C=O) groups is 4. The summed E-state index contributed by atoms with van der Waals surface area (Å²) >= 11 is 13.5. The molecule has 13 heterocycles. The lowest BCUT2D eigenvalue weighted by Gasteiger charge is -2.16. The number of carbonyl (C=O) groups excluding carboxylic acids is 4. The number of amides is 4. The van der Waals surface area contributed by atoms with Crippen molar-refractivity contribution in [2.45, 2.75) is 115 Å². The summed E-state index contributed by atoms with van der Waals surface area (Å²) < 4.78 is 3.48. The number of hydrogen-bond donors (Lipinski definition) is 10. The number of nitriles is 2. The first-order valence-electron chi connectivity index (χ1n) is 41.7. The Morgan fingerprint density at radius 3 is 1.18 bits per heavy atom. The van der Waals surface area contributed by atoms with Gasteiger partial charge in [0.05, 0.1) is 57.4 Å². The molecule has 0 saturated heterocycles. The van der Waals surface area contributed by atoms with Gasteiger partial charge in [-0.2, -0.15) is 20.7 Å². The molecular formula is C93H89Cl2N25O6. The normalized spacial score (nSPS) is 18.6. The predicted octanol–water partition coefficient (Wildman–Crippen LogP) is 14.4. The summed E-state index contributed by atoms with van der Waals surface area (Å²) in [5, 5.41) is 63.3. The number of nitrogens with zero attached hydrogens (tertiary/aromatic N) is 17. The quantitative estimate of drug-likeness (QED) is 0.0301. The number of anilines is 8. The second-order valence-electron chi connectivity index (χ2n) is 33.0. The van der Waals surface area contributed by atoms with E-state index >= 15 is 0 Å². The molecule has 14 N–H and O–H groups in total. The number of aliphatic hydroxyl groups is 2. The van der Waals surface area contributed by atoms with Gasteiger partial charge in [0.15, 0.2) is 0 Å². The van der Waals surface area contributed by atoms with Gasteiger partial charge in [0.25, 0.3) is 0 Å². The number of fused-ring (bicyclic) bond motifs is 4. The number of hydrogen-bond acceptors (Lipinski definition) is 25. The van der Waals surface area contributed by atoms with Crippen LogP contribution in [0.25, 0.3) is 88.1 Å². The molecule has 31 nitrogen and oxygen atoms in total. The third-order valence-corrected chi connectivity index (χ3v) is 24.9. The maximum absolute atomic E-state index is 12.8. The van der Waals surface area contributed by atoms with Crippen molar-refractivity contribution in [2.75, 3.05) is 57.4 Å². The van der Waals surface area contributed by atoms with Crippen molar-refractivity contribution in [2.24, 2.45) is 49.6 Å². The zero-order valence-electron chi connectivity index (χ0n) is 69.3. The lowest BCUT2D eigenvalue weighted by Crippen LogP contribution is -2.16. The lowest BCUT2D eigenvalue weighted by atomic mass is 9.95. The number of aliphatic hydroxyl groups excluding tert-OH is 2. The van der Waals surface area contributed by atoms with Gasteiger partial charge in [-0.05, 0) is 211 Å². The summed E-state index contributed by atoms with van der Waals surface area (Å²) in [5.74, 6) is 4.04. The van der Waals surface area contributed by atoms with Crippen molar-refractivity contribution in [3.8, 4) is 57.2 Å². The highest BCUT2D eigenvalue weighted by Crippen LogP contribution is 2.53. The average Bonchev–Trinajstić information content (AvgIpc) is 1.34. The first-order chi connectivity index (χ1) is 61.0. The summed E-state index contributed by atoms with van der Waals surface area (Å²) in [6.07, 6.45) is 33.8. The topological polar surface area (TPSA) is 486 Å². The minimum absolute atomic E-state index is 0.0129. The SMILES string of the molecule is Cc1ccncc1-c1nc(N)c2cnc(NC(=O)[C@@H]3C[C@H]3CC#N)cc2c1C1CC1.Cc1ccncc1-c1nc(N)c2cnc(NC(=O)[C@H]3C[C@@H]3CC#N)cc2c1C1CC1.Cn1cc([C@@H]2C[C@H]2C(=O)Nc2cc3c(Cl)c(-c4ccccc4CCO)nc(N)c3cn2)cn1.Cn1cc([C@H]2C[C@@H]2C(=O)Nc2cc3c(Cl)c(-c4cnccc4CCO)nc(N)c3cn2)cn1. The molecule has 0 aliphatic heterocycles. The molecule has 0 unspecified atom stereocenters. The standard InChI is InChI=1S/C24H23ClN6O2.C23H22ClN7O2.2C23H22N6O/c1-31-12-14(10-28-31)16-8-18(16)24(33)29-20-9-17-19(11-27-20)23(26)30-22(21(17)25)15-5-3-2-4-13(15)6-7-32;1-31-11-13(8-28-31)14-6-16(14)23(33)29-19-7-15-18(10-27-19)22(25)30-21(20(15)24)17-9-26-4-2-12(17)3-5-32;2*1-12-5-7-26-10-17(12)21-20(13-2-3-13)16-9-19(27-11-18(16)22(25)29-21)28-23(30)15-8-14(15)4-6-24/h2-5,9-12,16,18,32H,6-8H2,1H3,(H2,26,30)(H,27,29,33);2,4,7-11,14,16,32H,3,5-6H2,1H3,(H2,25,30)(H,27,29,33);2*5,7,9-11,13-15H,2-4,8H2,1H3,(H2,25,29)(H,27,28,30)/t16-,18+;14-,16+;2*14-,15-/m0110/s1. The van der Waals surface area contributed by atoms with E-state index in [9.17, 15) is 29.4 Å². The third-order valence-electron chi connectivity index (χ3n) is 24.2. The van der Waals surface area contributed by atoms with Crippen molar-refractivity contribution in [1.29, 1.82) is 10.5 Å². The van der Waals surface area contributed by atoms with Crippen LogP contribution in [0.4, 0.5) is 46.5 Å². The van der Waals surface area contributed by atoms with Crippen LogP contribution in [0, 0.1) is 72.0 Å². The molecule has 4 amide bonds. The van der Waals surface area contributed by atoms with Gasteiger partial charge in [-0.1, -0.05) is 47.5 Å². The number of nitrogens with one attached hydrogen (secondary N) is 4. The van der Waals surface area contributed by atoms with Gasteiger partial charge < -0.3 is 54.4 Å². The minimum atomic E-state index is -0.114. The van der Waals surface area contributed by atoms with E-state index in [0.717, 1.165) is 145 Å². The van der Waals surface area contributed by atoms with Crippen molar-refractivity contribution < 1.29 is 29.4 Å². The molecule has 14 aromatic rings. The Balaban J connectivity index is 0.000000119. The molecule has 20 rings (SSSR count). The molecule has 0 bridgehead atoms. The third kappa shape index (κ3) is 17.9. The second kappa shape index (κ2) is 35.6. The smallest absolute Gasteiger partial charge is 0.229 e. The molecule has 0 spiro atoms. The minimum Gasteiger partial charge on any atom is -0.396 e. The van der Waals surface area contributed by atoms with Gasteiger partial charge >= 0.3 is 0 Å². The maximum Gasteiger partial charge on any atom is 0.229 e. The van der Waals surface area contributed by atoms with Crippen molar-refractivity contribution in [3.05, 3.63) is 208 Å². The molecule has 8 atom stereocenters. The molecule has 6 aliphatic carbocycles. The molecule has 636 valence electrons. The fraction of sp³-hybridized carbons (Fsp3) is 0.301. The van der Waals surface area contributed by atoms with Crippen LogP contribution in [0.15, 0.2) is 153 Å². The summed E-state index contributed by atoms with van der Waals surface area (Å²) in [5.41, 5.74) is 39.7. The van der Waals surface area contributed by atoms with Gasteiger partial charge in [0.1, 0.15) is 46.5 Å². The van der Waals surface area contributed by atoms with Crippen LogP contribution in [0.2, 0.25) is 10.0 Å². The summed E-state index contributed by atoms with van der Waals surface area (Å²) in [6.45, 7) is 4.08. The molecule has 0 radical (unpaired) electrons. The van der Waals surface area contributed by atoms with Gasteiger partial charge in [-0.15, -0.1) is 0 Å².